The largest absolute Gasteiger partial charge is 0.356 e. The van der Waals surface area contributed by atoms with E-state index in [0.717, 1.165) is 44.0 Å². The number of amides is 1. The summed E-state index contributed by atoms with van der Waals surface area (Å²) in [6, 6.07) is 2.78. The predicted molar refractivity (Wildman–Crippen MR) is 124 cm³/mol. The summed E-state index contributed by atoms with van der Waals surface area (Å²) in [6.07, 6.45) is 6.71. The van der Waals surface area contributed by atoms with Gasteiger partial charge in [0, 0.05) is 50.0 Å². The van der Waals surface area contributed by atoms with E-state index >= 15 is 0 Å². The molecule has 8 nitrogen and oxygen atoms in total. The highest BCUT2D eigenvalue weighted by atomic mass is 32.1. The summed E-state index contributed by atoms with van der Waals surface area (Å²) in [7, 11) is 0. The number of hydrogen-bond acceptors (Lipinski definition) is 7. The molecule has 0 radical (unpaired) electrons. The Hall–Kier alpha value is -2.00. The van der Waals surface area contributed by atoms with E-state index in [-0.39, 0.29) is 17.4 Å². The van der Waals surface area contributed by atoms with Gasteiger partial charge in [0.05, 0.1) is 5.92 Å². The van der Waals surface area contributed by atoms with Crippen molar-refractivity contribution in [3.05, 3.63) is 22.1 Å². The van der Waals surface area contributed by atoms with Crippen LogP contribution in [0.2, 0.25) is 0 Å². The monoisotopic (exact) mass is 446 g/mol. The van der Waals surface area contributed by atoms with Crippen LogP contribution in [0.3, 0.4) is 0 Å². The van der Waals surface area contributed by atoms with Crippen molar-refractivity contribution in [2.75, 3.05) is 31.1 Å². The molecule has 1 N–H and O–H groups in total. The second kappa shape index (κ2) is 9.65. The number of carbonyl (C=O) groups is 1. The first-order valence-corrected chi connectivity index (χ1v) is 12.4. The second-order valence-corrected chi connectivity index (χ2v) is 10.0. The van der Waals surface area contributed by atoms with Gasteiger partial charge in [0.1, 0.15) is 0 Å². The lowest BCUT2D eigenvalue weighted by atomic mass is 9.97. The molecule has 0 aromatic carbocycles. The molecule has 2 saturated heterocycles. The van der Waals surface area contributed by atoms with Crippen molar-refractivity contribution in [3.63, 3.8) is 0 Å². The Bertz CT molecular complexity index is 963. The number of aryl methyl sites for hydroxylation is 1. The summed E-state index contributed by atoms with van der Waals surface area (Å²) in [4.78, 5) is 34.7. The van der Waals surface area contributed by atoms with Gasteiger partial charge in [-0.3, -0.25) is 14.5 Å². The highest BCUT2D eigenvalue weighted by Gasteiger charge is 2.28. The van der Waals surface area contributed by atoms with Gasteiger partial charge < -0.3 is 10.2 Å². The van der Waals surface area contributed by atoms with Crippen LogP contribution in [0.4, 0.5) is 5.13 Å². The number of aromatic nitrogens is 3. The Balaban J connectivity index is 1.29. The maximum atomic E-state index is 12.8. The van der Waals surface area contributed by atoms with Gasteiger partial charge in [-0.15, -0.1) is 5.10 Å². The summed E-state index contributed by atoms with van der Waals surface area (Å²) in [5.41, 5.74) is 0.540. The molecule has 0 unspecified atom stereocenters. The molecule has 0 spiro atoms. The molecule has 3 atom stereocenters. The summed E-state index contributed by atoms with van der Waals surface area (Å²) in [5.74, 6) is 0.0942. The summed E-state index contributed by atoms with van der Waals surface area (Å²) in [6.45, 7) is 9.71. The number of rotatable bonds is 6. The lowest BCUT2D eigenvalue weighted by Gasteiger charge is -2.39. The van der Waals surface area contributed by atoms with Crippen molar-refractivity contribution in [2.45, 2.75) is 71.4 Å². The zero-order valence-electron chi connectivity index (χ0n) is 18.8. The van der Waals surface area contributed by atoms with E-state index in [4.69, 9.17) is 0 Å². The molecule has 0 saturated carbocycles. The Labute approximate surface area is 187 Å². The number of anilines is 1. The molecule has 2 aliphatic heterocycles. The maximum Gasteiger partial charge on any atom is 0.275 e. The highest BCUT2D eigenvalue weighted by Crippen LogP contribution is 2.27. The second-order valence-electron chi connectivity index (χ2n) is 9.11. The van der Waals surface area contributed by atoms with Crippen molar-refractivity contribution in [2.24, 2.45) is 5.92 Å². The molecule has 2 aromatic heterocycles. The molecule has 1 amide bonds. The Morgan fingerprint density at radius 3 is 2.77 bits per heavy atom. The third-order valence-corrected chi connectivity index (χ3v) is 7.66. The van der Waals surface area contributed by atoms with Gasteiger partial charge in [-0.25, -0.2) is 4.98 Å². The van der Waals surface area contributed by atoms with Gasteiger partial charge in [-0.05, 0) is 52.9 Å². The summed E-state index contributed by atoms with van der Waals surface area (Å²) < 4.78 is 1.36. The third-order valence-electron chi connectivity index (χ3n) is 6.69. The maximum absolute atomic E-state index is 12.8. The molecular weight excluding hydrogens is 412 g/mol. The number of hydrogen-bond donors (Lipinski definition) is 1. The van der Waals surface area contributed by atoms with Crippen molar-refractivity contribution in [1.82, 2.24) is 24.8 Å². The van der Waals surface area contributed by atoms with E-state index in [1.54, 1.807) is 0 Å². The van der Waals surface area contributed by atoms with Crippen molar-refractivity contribution in [1.29, 1.82) is 0 Å². The summed E-state index contributed by atoms with van der Waals surface area (Å²) in [5, 5.41) is 8.39. The van der Waals surface area contributed by atoms with Crippen LogP contribution in [-0.2, 0) is 4.79 Å². The van der Waals surface area contributed by atoms with E-state index in [1.807, 2.05) is 6.92 Å². The number of carbonyl (C=O) groups excluding carboxylic acids is 1. The average molecular weight is 447 g/mol. The smallest absolute Gasteiger partial charge is 0.275 e. The van der Waals surface area contributed by atoms with Gasteiger partial charge in [-0.2, -0.15) is 4.52 Å². The van der Waals surface area contributed by atoms with Crippen LogP contribution in [0.5, 0.6) is 0 Å². The van der Waals surface area contributed by atoms with Crippen LogP contribution in [0.25, 0.3) is 4.96 Å². The first-order chi connectivity index (χ1) is 14.9. The van der Waals surface area contributed by atoms with Crippen molar-refractivity contribution < 1.29 is 4.79 Å². The number of nitrogens with one attached hydrogen (secondary N) is 1. The molecular formula is C22H34N6O2S. The normalized spacial score (nSPS) is 25.1. The Morgan fingerprint density at radius 2 is 2.00 bits per heavy atom. The van der Waals surface area contributed by atoms with Crippen LogP contribution in [0, 0.1) is 12.8 Å². The quantitative estimate of drug-likeness (QED) is 0.687. The fraction of sp³-hybridized carbons (Fsp3) is 0.727. The van der Waals surface area contributed by atoms with E-state index in [2.05, 4.69) is 39.0 Å². The number of likely N-dealkylation sites (tertiary alicyclic amines) is 1. The molecule has 2 aliphatic rings. The predicted octanol–water partition coefficient (Wildman–Crippen LogP) is 2.45. The van der Waals surface area contributed by atoms with E-state index in [9.17, 15) is 9.59 Å². The van der Waals surface area contributed by atoms with Crippen LogP contribution in [0.15, 0.2) is 10.9 Å². The third kappa shape index (κ3) is 5.09. The summed E-state index contributed by atoms with van der Waals surface area (Å²) >= 11 is 1.41. The highest BCUT2D eigenvalue weighted by molar-refractivity contribution is 7.20. The lowest BCUT2D eigenvalue weighted by Crippen LogP contribution is -2.46. The molecule has 31 heavy (non-hydrogen) atoms. The fourth-order valence-electron chi connectivity index (χ4n) is 4.94. The van der Waals surface area contributed by atoms with Gasteiger partial charge >= 0.3 is 0 Å². The molecule has 2 fully saturated rings. The van der Waals surface area contributed by atoms with Gasteiger partial charge in [0.2, 0.25) is 16.0 Å². The molecule has 0 bridgehead atoms. The minimum Gasteiger partial charge on any atom is -0.356 e. The SMILES string of the molecule is Cc1cc(=O)n2nc(N3CCC[C@H](C(=O)NCCCN4[C@@H](C)CCC[C@@H]4C)C3)sc2n1. The molecule has 4 rings (SSSR count). The van der Waals surface area contributed by atoms with Crippen LogP contribution in [-0.4, -0.2) is 63.7 Å². The Kier molecular flexibility index (Phi) is 6.91. The van der Waals surface area contributed by atoms with E-state index in [0.29, 0.717) is 29.3 Å². The van der Waals surface area contributed by atoms with Crippen molar-refractivity contribution in [3.8, 4) is 0 Å². The number of nitrogens with zero attached hydrogens (tertiary/aromatic N) is 5. The minimum atomic E-state index is -0.159. The van der Waals surface area contributed by atoms with Crippen LogP contribution < -0.4 is 15.8 Å². The first kappa shape index (κ1) is 22.2. The zero-order valence-corrected chi connectivity index (χ0v) is 19.7. The minimum absolute atomic E-state index is 0.0417. The molecule has 2 aromatic rings. The van der Waals surface area contributed by atoms with Gasteiger partial charge in [0.25, 0.3) is 5.56 Å². The lowest BCUT2D eigenvalue weighted by molar-refractivity contribution is -0.125. The Morgan fingerprint density at radius 1 is 1.23 bits per heavy atom. The van der Waals surface area contributed by atoms with E-state index in [1.165, 1.54) is 41.2 Å². The molecule has 4 heterocycles. The standard InChI is InChI=1S/C22H34N6O2S/c1-15-13-19(29)28-21(24-15)31-22(25-28)26-11-5-9-18(14-26)20(30)23-10-6-12-27-16(2)7-4-8-17(27)3/h13,16-18H,4-12,14H2,1-3H3,(H,23,30)/t16-,17-,18-/m0/s1. The molecule has 9 heteroatoms. The van der Waals surface area contributed by atoms with E-state index < -0.39 is 0 Å². The molecule has 0 aliphatic carbocycles. The first-order valence-electron chi connectivity index (χ1n) is 11.6. The topological polar surface area (TPSA) is 82.8 Å². The number of fused-ring (bicyclic) bond motifs is 1. The van der Waals surface area contributed by atoms with Crippen molar-refractivity contribution >= 4 is 27.3 Å². The molecule has 170 valence electrons. The van der Waals surface area contributed by atoms with Crippen LogP contribution >= 0.6 is 11.3 Å². The zero-order chi connectivity index (χ0) is 22.0. The number of piperidine rings is 2. The average Bonchev–Trinajstić information content (AvgIpc) is 3.17. The van der Waals surface area contributed by atoms with Gasteiger partial charge in [0.15, 0.2) is 0 Å². The van der Waals surface area contributed by atoms with Crippen LogP contribution in [0.1, 0.15) is 58.1 Å². The van der Waals surface area contributed by atoms with Gasteiger partial charge in [-0.1, -0.05) is 17.8 Å². The fourth-order valence-corrected chi connectivity index (χ4v) is 5.92.